The van der Waals surface area contributed by atoms with Crippen LogP contribution in [0, 0.1) is 0 Å². The van der Waals surface area contributed by atoms with E-state index in [2.05, 4.69) is 5.32 Å². The maximum atomic E-state index is 12.2. The second-order valence-electron chi connectivity index (χ2n) is 5.34. The molecular weight excluding hydrogens is 320 g/mol. The largest absolute Gasteiger partial charge is 0.493 e. The van der Waals surface area contributed by atoms with Crippen molar-refractivity contribution in [3.05, 3.63) is 17.7 Å². The molecule has 1 aromatic carbocycles. The van der Waals surface area contributed by atoms with Crippen LogP contribution in [0.5, 0.6) is 17.2 Å². The molecule has 1 rings (SSSR count). The van der Waals surface area contributed by atoms with Crippen molar-refractivity contribution in [1.82, 2.24) is 5.32 Å². The van der Waals surface area contributed by atoms with Crippen molar-refractivity contribution in [1.29, 1.82) is 0 Å². The van der Waals surface area contributed by atoms with E-state index in [-0.39, 0.29) is 18.3 Å². The fourth-order valence-electron chi connectivity index (χ4n) is 2.31. The highest BCUT2D eigenvalue weighted by atomic mass is 35.5. The van der Waals surface area contributed by atoms with Gasteiger partial charge < -0.3 is 25.3 Å². The highest BCUT2D eigenvalue weighted by Crippen LogP contribution is 2.39. The van der Waals surface area contributed by atoms with Crippen LogP contribution < -0.4 is 25.3 Å². The number of methoxy groups -OCH3 is 3. The molecule has 23 heavy (non-hydrogen) atoms. The molecule has 0 saturated carbocycles. The van der Waals surface area contributed by atoms with E-state index >= 15 is 0 Å². The Morgan fingerprint density at radius 3 is 2.26 bits per heavy atom. The maximum absolute atomic E-state index is 12.2. The minimum atomic E-state index is -0.876. The standard InChI is InChI=1S/C16H26N2O4.ClH/c1-6-9-16(2,17)15(19)18-10-11-7-8-12(20-3)14(22-5)13(11)21-4;/h7-8H,6,9-10,17H2,1-5H3,(H,18,19);1H. The summed E-state index contributed by atoms with van der Waals surface area (Å²) >= 11 is 0. The molecule has 1 atom stereocenters. The number of hydrogen-bond acceptors (Lipinski definition) is 5. The highest BCUT2D eigenvalue weighted by molar-refractivity contribution is 5.85. The first-order valence-electron chi connectivity index (χ1n) is 7.26. The summed E-state index contributed by atoms with van der Waals surface area (Å²) in [5.74, 6) is 1.42. The molecule has 3 N–H and O–H groups in total. The quantitative estimate of drug-likeness (QED) is 0.754. The lowest BCUT2D eigenvalue weighted by Gasteiger charge is -2.23. The summed E-state index contributed by atoms with van der Waals surface area (Å²) in [6.07, 6.45) is 1.47. The Morgan fingerprint density at radius 2 is 1.78 bits per heavy atom. The van der Waals surface area contributed by atoms with Gasteiger partial charge in [0.2, 0.25) is 11.7 Å². The molecule has 0 aliphatic rings. The molecular formula is C16H27ClN2O4. The molecule has 132 valence electrons. The van der Waals surface area contributed by atoms with E-state index in [4.69, 9.17) is 19.9 Å². The maximum Gasteiger partial charge on any atom is 0.240 e. The van der Waals surface area contributed by atoms with Gasteiger partial charge >= 0.3 is 0 Å². The van der Waals surface area contributed by atoms with Gasteiger partial charge in [-0.15, -0.1) is 12.4 Å². The zero-order valence-electron chi connectivity index (χ0n) is 14.4. The van der Waals surface area contributed by atoms with Gasteiger partial charge in [0.25, 0.3) is 0 Å². The minimum Gasteiger partial charge on any atom is -0.493 e. The Balaban J connectivity index is 0.00000484. The third-order valence-electron chi connectivity index (χ3n) is 3.51. The number of nitrogens with two attached hydrogens (primary N) is 1. The summed E-state index contributed by atoms with van der Waals surface area (Å²) in [6.45, 7) is 4.03. The summed E-state index contributed by atoms with van der Waals surface area (Å²) in [4.78, 5) is 12.2. The van der Waals surface area contributed by atoms with Crippen molar-refractivity contribution in [2.45, 2.75) is 38.8 Å². The Bertz CT molecular complexity index is 521. The van der Waals surface area contributed by atoms with Crippen LogP contribution in [0.1, 0.15) is 32.3 Å². The summed E-state index contributed by atoms with van der Waals surface area (Å²) in [5.41, 5.74) is 5.94. The smallest absolute Gasteiger partial charge is 0.240 e. The van der Waals surface area contributed by atoms with Crippen LogP contribution >= 0.6 is 12.4 Å². The van der Waals surface area contributed by atoms with Crippen LogP contribution in [0.4, 0.5) is 0 Å². The van der Waals surface area contributed by atoms with Gasteiger partial charge in [0.1, 0.15) is 0 Å². The second kappa shape index (κ2) is 9.47. The normalized spacial score (nSPS) is 12.6. The molecule has 0 aromatic heterocycles. The molecule has 0 saturated heterocycles. The first kappa shape index (κ1) is 21.3. The Morgan fingerprint density at radius 1 is 1.17 bits per heavy atom. The zero-order valence-corrected chi connectivity index (χ0v) is 15.2. The van der Waals surface area contributed by atoms with E-state index in [0.29, 0.717) is 30.2 Å². The first-order chi connectivity index (χ1) is 10.4. The number of ether oxygens (including phenoxy) is 3. The SMILES string of the molecule is CCCC(C)(N)C(=O)NCc1ccc(OC)c(OC)c1OC.Cl. The first-order valence-corrected chi connectivity index (χ1v) is 7.26. The number of hydrogen-bond donors (Lipinski definition) is 2. The zero-order chi connectivity index (χ0) is 16.8. The van der Waals surface area contributed by atoms with Crippen molar-refractivity contribution in [3.8, 4) is 17.2 Å². The van der Waals surface area contributed by atoms with Crippen LogP contribution in [0.3, 0.4) is 0 Å². The summed E-state index contributed by atoms with van der Waals surface area (Å²) in [7, 11) is 4.65. The van der Waals surface area contributed by atoms with Crippen molar-refractivity contribution in [2.24, 2.45) is 5.73 Å². The number of rotatable bonds is 8. The van der Waals surface area contributed by atoms with Crippen molar-refractivity contribution >= 4 is 18.3 Å². The van der Waals surface area contributed by atoms with Crippen LogP contribution in [-0.2, 0) is 11.3 Å². The summed E-state index contributed by atoms with van der Waals surface area (Å²) in [5, 5.41) is 2.85. The molecule has 0 radical (unpaired) electrons. The molecule has 6 nitrogen and oxygen atoms in total. The van der Waals surface area contributed by atoms with E-state index in [1.807, 2.05) is 13.0 Å². The second-order valence-corrected chi connectivity index (χ2v) is 5.34. The minimum absolute atomic E-state index is 0. The van der Waals surface area contributed by atoms with Gasteiger partial charge in [-0.2, -0.15) is 0 Å². The van der Waals surface area contributed by atoms with Gasteiger partial charge in [0, 0.05) is 12.1 Å². The summed E-state index contributed by atoms with van der Waals surface area (Å²) < 4.78 is 15.9. The van der Waals surface area contributed by atoms with Gasteiger partial charge in [-0.05, 0) is 25.5 Å². The van der Waals surface area contributed by atoms with E-state index in [1.165, 1.54) is 0 Å². The van der Waals surface area contributed by atoms with Crippen LogP contribution in [0.25, 0.3) is 0 Å². The Hall–Kier alpha value is -1.66. The topological polar surface area (TPSA) is 82.8 Å². The average molecular weight is 347 g/mol. The third-order valence-corrected chi connectivity index (χ3v) is 3.51. The highest BCUT2D eigenvalue weighted by Gasteiger charge is 2.27. The molecule has 0 aliphatic carbocycles. The van der Waals surface area contributed by atoms with Gasteiger partial charge in [0.15, 0.2) is 11.5 Å². The van der Waals surface area contributed by atoms with E-state index in [1.54, 1.807) is 34.3 Å². The lowest BCUT2D eigenvalue weighted by Crippen LogP contribution is -2.51. The third kappa shape index (κ3) is 5.18. The van der Waals surface area contributed by atoms with Crippen LogP contribution in [0.15, 0.2) is 12.1 Å². The average Bonchev–Trinajstić information content (AvgIpc) is 2.51. The fourth-order valence-corrected chi connectivity index (χ4v) is 2.31. The molecule has 1 unspecified atom stereocenters. The monoisotopic (exact) mass is 346 g/mol. The Labute approximate surface area is 144 Å². The molecule has 0 spiro atoms. The van der Waals surface area contributed by atoms with Crippen LogP contribution in [0.2, 0.25) is 0 Å². The van der Waals surface area contributed by atoms with E-state index < -0.39 is 5.54 Å². The molecule has 0 heterocycles. The summed E-state index contributed by atoms with van der Waals surface area (Å²) in [6, 6.07) is 3.60. The molecule has 0 aliphatic heterocycles. The molecule has 0 bridgehead atoms. The van der Waals surface area contributed by atoms with Gasteiger partial charge in [-0.25, -0.2) is 0 Å². The number of carbonyl (C=O) groups excluding carboxylic acids is 1. The fraction of sp³-hybridized carbons (Fsp3) is 0.562. The number of carbonyl (C=O) groups is 1. The predicted octanol–water partition coefficient (Wildman–Crippen LogP) is 2.27. The van der Waals surface area contributed by atoms with E-state index in [0.717, 1.165) is 12.0 Å². The number of amides is 1. The van der Waals surface area contributed by atoms with Crippen LogP contribution in [-0.4, -0.2) is 32.8 Å². The van der Waals surface area contributed by atoms with Gasteiger partial charge in [0.05, 0.1) is 26.9 Å². The molecule has 1 aromatic rings. The van der Waals surface area contributed by atoms with Crippen molar-refractivity contribution in [3.63, 3.8) is 0 Å². The number of nitrogens with one attached hydrogen (secondary N) is 1. The molecule has 1 amide bonds. The lowest BCUT2D eigenvalue weighted by molar-refractivity contribution is -0.126. The molecule has 7 heteroatoms. The Kier molecular flexibility index (Phi) is 8.79. The molecule has 0 fully saturated rings. The lowest BCUT2D eigenvalue weighted by atomic mass is 9.96. The van der Waals surface area contributed by atoms with E-state index in [9.17, 15) is 4.79 Å². The predicted molar refractivity (Wildman–Crippen MR) is 92.7 cm³/mol. The van der Waals surface area contributed by atoms with Gasteiger partial charge in [-0.1, -0.05) is 13.3 Å². The van der Waals surface area contributed by atoms with Crippen molar-refractivity contribution < 1.29 is 19.0 Å². The van der Waals surface area contributed by atoms with Crippen molar-refractivity contribution in [2.75, 3.05) is 21.3 Å². The number of halogens is 1. The number of benzene rings is 1. The van der Waals surface area contributed by atoms with Gasteiger partial charge in [-0.3, -0.25) is 4.79 Å².